The van der Waals surface area contributed by atoms with Gasteiger partial charge in [0.1, 0.15) is 0 Å². The molecule has 0 aliphatic heterocycles. The normalized spacial score (nSPS) is 11.9. The molecule has 0 amide bonds. The molecule has 0 aromatic carbocycles. The van der Waals surface area contributed by atoms with Crippen LogP contribution in [0.15, 0.2) is 0 Å². The van der Waals surface area contributed by atoms with Crippen LogP contribution in [-0.4, -0.2) is 4.75 Å². The molecule has 0 saturated heterocycles. The first-order valence-electron chi connectivity index (χ1n) is 6.21. The smallest absolute Gasteiger partial charge is 0.0523 e. The molecular formula is C12H23NP2. The van der Waals surface area contributed by atoms with Crippen LogP contribution in [0.1, 0.15) is 62.9 Å². The quantitative estimate of drug-likeness (QED) is 0.565. The zero-order chi connectivity index (χ0) is 10.9. The average Bonchev–Trinajstić information content (AvgIpc) is 2.63. The molecule has 0 bridgehead atoms. The molecule has 86 valence electrons. The fourth-order valence-electron chi connectivity index (χ4n) is 1.79. The van der Waals surface area contributed by atoms with Gasteiger partial charge in [0, 0.05) is 5.30 Å². The number of hydrogen-bond donors (Lipinski definition) is 0. The van der Waals surface area contributed by atoms with Gasteiger partial charge in [-0.1, -0.05) is 45.4 Å². The molecule has 0 N–H and O–H groups in total. The summed E-state index contributed by atoms with van der Waals surface area (Å²) in [6.45, 7) is 4.51. The van der Waals surface area contributed by atoms with Gasteiger partial charge in [-0.15, -0.1) is 0 Å². The van der Waals surface area contributed by atoms with Gasteiger partial charge < -0.3 is 0 Å². The summed E-state index contributed by atoms with van der Waals surface area (Å²) in [5.74, 6) is 0. The van der Waals surface area contributed by atoms with Crippen molar-refractivity contribution in [1.29, 1.82) is 0 Å². The van der Waals surface area contributed by atoms with Crippen LogP contribution in [0.5, 0.6) is 0 Å². The SMILES string of the molecule is CCCCCCCCCc1n[pH]pc1C. The zero-order valence-corrected chi connectivity index (χ0v) is 11.9. The number of nitrogens with zero attached hydrogens (tertiary/aromatic N) is 1. The van der Waals surface area contributed by atoms with Crippen molar-refractivity contribution in [2.45, 2.75) is 65.2 Å². The Bertz CT molecular complexity index is 258. The Labute approximate surface area is 97.2 Å². The van der Waals surface area contributed by atoms with Gasteiger partial charge in [0.2, 0.25) is 0 Å². The second kappa shape index (κ2) is 8.31. The van der Waals surface area contributed by atoms with Crippen molar-refractivity contribution in [2.75, 3.05) is 0 Å². The predicted molar refractivity (Wildman–Crippen MR) is 72.7 cm³/mol. The van der Waals surface area contributed by atoms with Gasteiger partial charge in [0.05, 0.1) is 5.69 Å². The molecular weight excluding hydrogens is 220 g/mol. The average molecular weight is 243 g/mol. The van der Waals surface area contributed by atoms with Crippen LogP contribution < -0.4 is 0 Å². The third-order valence-electron chi connectivity index (χ3n) is 2.84. The summed E-state index contributed by atoms with van der Waals surface area (Å²) in [6, 6.07) is 0. The monoisotopic (exact) mass is 243 g/mol. The lowest BCUT2D eigenvalue weighted by molar-refractivity contribution is 0.588. The molecule has 0 fully saturated rings. The predicted octanol–water partition coefficient (Wildman–Crippen LogP) is 5.29. The van der Waals surface area contributed by atoms with Gasteiger partial charge in [0.25, 0.3) is 0 Å². The van der Waals surface area contributed by atoms with Crippen LogP contribution in [0, 0.1) is 6.92 Å². The van der Waals surface area contributed by atoms with E-state index < -0.39 is 0 Å². The van der Waals surface area contributed by atoms with Crippen LogP contribution in [0.4, 0.5) is 0 Å². The van der Waals surface area contributed by atoms with Crippen LogP contribution in [-0.2, 0) is 6.42 Å². The van der Waals surface area contributed by atoms with E-state index in [1.165, 1.54) is 70.2 Å². The number of rotatable bonds is 8. The van der Waals surface area contributed by atoms with E-state index in [1.807, 2.05) is 0 Å². The highest BCUT2D eigenvalue weighted by Crippen LogP contribution is 2.27. The summed E-state index contributed by atoms with van der Waals surface area (Å²) in [6.07, 6.45) is 11.0. The second-order valence-corrected chi connectivity index (χ2v) is 6.82. The maximum atomic E-state index is 4.56. The fraction of sp³-hybridized carbons (Fsp3) is 0.833. The zero-order valence-electron chi connectivity index (χ0n) is 10.1. The van der Waals surface area contributed by atoms with Crippen LogP contribution in [0.3, 0.4) is 0 Å². The summed E-state index contributed by atoms with van der Waals surface area (Å²) in [4.78, 5) is 0. The van der Waals surface area contributed by atoms with Crippen molar-refractivity contribution in [3.8, 4) is 0 Å². The van der Waals surface area contributed by atoms with Crippen molar-refractivity contribution in [3.05, 3.63) is 11.0 Å². The number of aromatic nitrogens is 1. The molecule has 1 atom stereocenters. The Morgan fingerprint density at radius 3 is 2.33 bits per heavy atom. The Balaban J connectivity index is 1.96. The third kappa shape index (κ3) is 5.69. The van der Waals surface area contributed by atoms with Gasteiger partial charge in [0.15, 0.2) is 0 Å². The van der Waals surface area contributed by atoms with Gasteiger partial charge in [-0.2, -0.15) is 0 Å². The molecule has 1 unspecified atom stereocenters. The number of hydrogen-bond acceptors (Lipinski definition) is 1. The Kier molecular flexibility index (Phi) is 7.32. The Morgan fingerprint density at radius 1 is 1.07 bits per heavy atom. The maximum Gasteiger partial charge on any atom is 0.0523 e. The molecule has 1 rings (SSSR count). The first-order valence-corrected chi connectivity index (χ1v) is 8.89. The standard InChI is InChI=1S/C12H23NP2/c1-3-4-5-6-7-8-9-10-12-11(2)14-15-13-12/h15H,3-10H2,1-2H3. The number of unbranched alkanes of at least 4 members (excludes halogenated alkanes) is 6. The topological polar surface area (TPSA) is 12.9 Å². The first-order chi connectivity index (χ1) is 7.34. The molecule has 0 spiro atoms. The summed E-state index contributed by atoms with van der Waals surface area (Å²) in [5, 5.41) is 1.53. The molecule has 15 heavy (non-hydrogen) atoms. The fourth-order valence-corrected chi connectivity index (χ4v) is 4.13. The summed E-state index contributed by atoms with van der Waals surface area (Å²) in [7, 11) is 2.27. The van der Waals surface area contributed by atoms with E-state index in [1.54, 1.807) is 0 Å². The van der Waals surface area contributed by atoms with Crippen molar-refractivity contribution in [1.82, 2.24) is 4.75 Å². The molecule has 3 heteroatoms. The van der Waals surface area contributed by atoms with Crippen LogP contribution in [0.2, 0.25) is 0 Å². The van der Waals surface area contributed by atoms with Crippen LogP contribution in [0.25, 0.3) is 0 Å². The molecule has 1 aromatic rings. The van der Waals surface area contributed by atoms with E-state index in [9.17, 15) is 0 Å². The van der Waals surface area contributed by atoms with Crippen molar-refractivity contribution >= 4 is 15.9 Å². The molecule has 1 heterocycles. The first kappa shape index (κ1) is 13.2. The van der Waals surface area contributed by atoms with Crippen molar-refractivity contribution < 1.29 is 0 Å². The van der Waals surface area contributed by atoms with Gasteiger partial charge >= 0.3 is 0 Å². The summed E-state index contributed by atoms with van der Waals surface area (Å²) >= 11 is 0. The Hall–Kier alpha value is 0.140. The van der Waals surface area contributed by atoms with E-state index in [4.69, 9.17) is 0 Å². The van der Waals surface area contributed by atoms with Crippen molar-refractivity contribution in [3.63, 3.8) is 0 Å². The lowest BCUT2D eigenvalue weighted by Crippen LogP contribution is -1.88. The minimum atomic E-state index is 0.805. The molecule has 1 aromatic heterocycles. The molecule has 0 radical (unpaired) electrons. The Morgan fingerprint density at radius 2 is 1.73 bits per heavy atom. The highest BCUT2D eigenvalue weighted by Gasteiger charge is 2.00. The molecule has 0 aliphatic carbocycles. The molecule has 1 nitrogen and oxygen atoms in total. The minimum absolute atomic E-state index is 0.805. The summed E-state index contributed by atoms with van der Waals surface area (Å²) < 4.78 is 4.56. The molecule has 0 saturated carbocycles. The van der Waals surface area contributed by atoms with Gasteiger partial charge in [-0.25, -0.2) is 4.75 Å². The van der Waals surface area contributed by atoms with E-state index in [-0.39, 0.29) is 0 Å². The maximum absolute atomic E-state index is 4.56. The highest BCUT2D eigenvalue weighted by molar-refractivity contribution is 7.89. The summed E-state index contributed by atoms with van der Waals surface area (Å²) in [5.41, 5.74) is 1.42. The minimum Gasteiger partial charge on any atom is -0.240 e. The van der Waals surface area contributed by atoms with E-state index >= 15 is 0 Å². The molecule has 0 aliphatic rings. The van der Waals surface area contributed by atoms with E-state index in [0.717, 1.165) is 8.03 Å². The lowest BCUT2D eigenvalue weighted by Gasteiger charge is -2.00. The van der Waals surface area contributed by atoms with E-state index in [0.29, 0.717) is 0 Å². The van der Waals surface area contributed by atoms with Gasteiger partial charge in [-0.05, 0) is 35.7 Å². The second-order valence-electron chi connectivity index (χ2n) is 4.23. The van der Waals surface area contributed by atoms with Gasteiger partial charge in [-0.3, -0.25) is 0 Å². The lowest BCUT2D eigenvalue weighted by atomic mass is 10.1. The third-order valence-corrected chi connectivity index (χ3v) is 5.51. The largest absolute Gasteiger partial charge is 0.240 e. The van der Waals surface area contributed by atoms with Crippen LogP contribution >= 0.6 is 15.9 Å². The highest BCUT2D eigenvalue weighted by atomic mass is 31.8. The van der Waals surface area contributed by atoms with Crippen molar-refractivity contribution in [2.24, 2.45) is 0 Å². The number of aryl methyl sites for hydroxylation is 2. The van der Waals surface area contributed by atoms with E-state index in [2.05, 4.69) is 18.6 Å².